The summed E-state index contributed by atoms with van der Waals surface area (Å²) in [7, 11) is 6.72. The molecule has 1 N–H and O–H groups in total. The Kier molecular flexibility index (Phi) is 48.5. The molecule has 0 bridgehead atoms. The number of fused-ring (bicyclic) bond motifs is 1. The molecule has 16 heteroatoms. The van der Waals surface area contributed by atoms with Crippen molar-refractivity contribution in [1.82, 2.24) is 0 Å². The van der Waals surface area contributed by atoms with E-state index < -0.39 is 0 Å². The predicted octanol–water partition coefficient (Wildman–Crippen LogP) is 20.4. The molecule has 0 fully saturated rings. The van der Waals surface area contributed by atoms with Gasteiger partial charge in [0.2, 0.25) is 5.91 Å². The zero-order chi connectivity index (χ0) is 67.5. The van der Waals surface area contributed by atoms with Gasteiger partial charge in [-0.3, -0.25) is 9.59 Å². The van der Waals surface area contributed by atoms with E-state index in [0.29, 0.717) is 110 Å². The van der Waals surface area contributed by atoms with Gasteiger partial charge in [0, 0.05) is 86.6 Å². The molecule has 0 heterocycles. The lowest BCUT2D eigenvalue weighted by atomic mass is 9.96. The average Bonchev–Trinajstić information content (AvgIpc) is 0.844. The number of esters is 1. The van der Waals surface area contributed by atoms with E-state index in [1.807, 2.05) is 78.8 Å². The van der Waals surface area contributed by atoms with E-state index in [2.05, 4.69) is 99.7 Å². The standard InChI is InChI=1S/C27H34O4.C26H36O6.C24H33NO5.6CH4/c1-6-20(3)21-7-8-23-16-26(10-9-22(23)15-21)30-11-12-31-27-24(17-28-4)13-19(2)14-25(27)18-29-5;1-6-20(5)26(27)32-24-11-9-23(10-12-24)30-13-14-31-25-21(17-28-7-2)15-19(4)16-22(25)18-29-8-3;1-6-18(3)24(26)25-21-7-9-22(10-8-21)29-11-12-30-23-19(15-27-4)13-17(2)14-20(23)16-28-5;;;;;;/h7-10,13-16,20H,6,11-12,17-18H2,1-5H3;9-12,15-16,20H,6-8,13-14,17-18H2,1-5H3;7-10,13-14,18H,6,11-12,15-16H2,1-5H3,(H,25,26);6*1H4. The molecule has 7 aromatic rings. The van der Waals surface area contributed by atoms with Crippen LogP contribution >= 0.6 is 0 Å². The quantitative estimate of drug-likeness (QED) is 0.0222. The van der Waals surface area contributed by atoms with E-state index in [9.17, 15) is 9.59 Å². The van der Waals surface area contributed by atoms with Crippen LogP contribution in [-0.2, 0) is 77.7 Å². The first-order chi connectivity index (χ1) is 45.0. The number of nitrogens with one attached hydrogen (secondary N) is 1. The number of carbonyl (C=O) groups excluding carboxylic acids is 2. The van der Waals surface area contributed by atoms with Crippen molar-refractivity contribution in [3.8, 4) is 40.2 Å². The smallest absolute Gasteiger partial charge is 0.314 e. The fourth-order valence-corrected chi connectivity index (χ4v) is 9.89. The summed E-state index contributed by atoms with van der Waals surface area (Å²) in [4.78, 5) is 23.9. The molecule has 0 aliphatic heterocycles. The van der Waals surface area contributed by atoms with Gasteiger partial charge in [-0.2, -0.15) is 0 Å². The fraction of sp³-hybridized carbons (Fsp3) is 0.494. The average molecular weight is 1380 g/mol. The van der Waals surface area contributed by atoms with Crippen molar-refractivity contribution in [3.63, 3.8) is 0 Å². The van der Waals surface area contributed by atoms with Gasteiger partial charge in [0.05, 0.1) is 45.6 Å². The van der Waals surface area contributed by atoms with E-state index in [4.69, 9.17) is 61.6 Å². The van der Waals surface area contributed by atoms with Crippen molar-refractivity contribution in [3.05, 3.63) is 177 Å². The number of hydrogen-bond acceptors (Lipinski definition) is 15. The summed E-state index contributed by atoms with van der Waals surface area (Å²) in [5.41, 5.74) is 11.6. The molecule has 0 saturated carbocycles. The number of rotatable bonds is 37. The van der Waals surface area contributed by atoms with Crippen LogP contribution < -0.4 is 38.5 Å². The van der Waals surface area contributed by atoms with Crippen LogP contribution in [0.4, 0.5) is 5.69 Å². The number of amides is 1. The van der Waals surface area contributed by atoms with Gasteiger partial charge in [0.15, 0.2) is 0 Å². The van der Waals surface area contributed by atoms with Gasteiger partial charge in [0.1, 0.15) is 79.9 Å². The molecule has 3 unspecified atom stereocenters. The van der Waals surface area contributed by atoms with Crippen molar-refractivity contribution < 1.29 is 71.2 Å². The SMILES string of the molecule is C.C.C.C.C.C.CCC(C)C(=O)Nc1ccc(OCCOc2c(COC)cc(C)cc2COC)cc1.CCC(C)c1ccc2cc(OCCOc3c(COC)cc(C)cc3COC)ccc2c1.CCOCc1cc(C)cc(COCC)c1OCCOc1ccc(OC(=O)C(C)CC)cc1. The molecule has 16 nitrogen and oxygen atoms in total. The third-order valence-electron chi connectivity index (χ3n) is 15.3. The molecule has 7 aromatic carbocycles. The first kappa shape index (κ1) is 93.4. The van der Waals surface area contributed by atoms with Crippen LogP contribution in [0.5, 0.6) is 40.2 Å². The normalized spacial score (nSPS) is 11.2. The molecule has 1 amide bonds. The van der Waals surface area contributed by atoms with Gasteiger partial charge >= 0.3 is 5.97 Å². The van der Waals surface area contributed by atoms with Gasteiger partial charge < -0.3 is 66.9 Å². The fourth-order valence-electron chi connectivity index (χ4n) is 9.89. The van der Waals surface area contributed by atoms with Gasteiger partial charge in [-0.15, -0.1) is 0 Å². The highest BCUT2D eigenvalue weighted by Crippen LogP contribution is 2.32. The number of ether oxygens (including phenoxy) is 13. The lowest BCUT2D eigenvalue weighted by Crippen LogP contribution is -2.19. The summed E-state index contributed by atoms with van der Waals surface area (Å²) in [6.07, 6.45) is 2.71. The van der Waals surface area contributed by atoms with E-state index in [0.717, 1.165) is 104 Å². The molecule has 3 atom stereocenters. The number of carbonyl (C=O) groups is 2. The monoisotopic (exact) mass is 1380 g/mol. The molecule has 0 aromatic heterocycles. The minimum absolute atomic E-state index is 0. The van der Waals surface area contributed by atoms with Crippen molar-refractivity contribution in [2.24, 2.45) is 11.8 Å². The Bertz CT molecular complexity index is 3250. The van der Waals surface area contributed by atoms with E-state index in [-0.39, 0.29) is 68.3 Å². The predicted molar refractivity (Wildman–Crippen MR) is 409 cm³/mol. The maximum absolute atomic E-state index is 12.0. The number of anilines is 1. The molecule has 0 spiro atoms. The molecule has 0 radical (unpaired) electrons. The summed E-state index contributed by atoms with van der Waals surface area (Å²) >= 11 is 0. The largest absolute Gasteiger partial charge is 0.490 e. The van der Waals surface area contributed by atoms with Crippen LogP contribution in [0.25, 0.3) is 10.8 Å². The van der Waals surface area contributed by atoms with Crippen LogP contribution in [0.15, 0.2) is 121 Å². The van der Waals surface area contributed by atoms with Crippen molar-refractivity contribution >= 4 is 28.3 Å². The Morgan fingerprint density at radius 2 is 0.707 bits per heavy atom. The van der Waals surface area contributed by atoms with Crippen LogP contribution in [0.1, 0.15) is 181 Å². The molecule has 0 aliphatic rings. The molecule has 0 saturated heterocycles. The van der Waals surface area contributed by atoms with Crippen molar-refractivity contribution in [2.45, 2.75) is 186 Å². The zero-order valence-corrected chi connectivity index (χ0v) is 57.9. The summed E-state index contributed by atoms with van der Waals surface area (Å²) in [6, 6.07) is 39.8. The topological polar surface area (TPSA) is 166 Å². The van der Waals surface area contributed by atoms with Crippen LogP contribution in [0.3, 0.4) is 0 Å². The Morgan fingerprint density at radius 3 is 1.08 bits per heavy atom. The second-order valence-electron chi connectivity index (χ2n) is 22.9. The second kappa shape index (κ2) is 51.5. The maximum atomic E-state index is 12.0. The summed E-state index contributed by atoms with van der Waals surface area (Å²) < 4.78 is 73.7. The third kappa shape index (κ3) is 31.6. The number of hydrogen-bond donors (Lipinski definition) is 1. The molecule has 7 rings (SSSR count). The zero-order valence-electron chi connectivity index (χ0n) is 57.9. The summed E-state index contributed by atoms with van der Waals surface area (Å²) in [6.45, 7) is 29.0. The Morgan fingerprint density at radius 1 is 0.374 bits per heavy atom. The van der Waals surface area contributed by atoms with E-state index in [1.165, 1.54) is 16.3 Å². The Balaban J connectivity index is 0. The minimum atomic E-state index is -0.224. The first-order valence-electron chi connectivity index (χ1n) is 32.5. The van der Waals surface area contributed by atoms with E-state index >= 15 is 0 Å². The molecule has 99 heavy (non-hydrogen) atoms. The van der Waals surface area contributed by atoms with Crippen LogP contribution in [0.2, 0.25) is 0 Å². The Labute approximate surface area is 597 Å². The summed E-state index contributed by atoms with van der Waals surface area (Å²) in [5.74, 6) is 5.43. The molecule has 0 aliphatic carbocycles. The minimum Gasteiger partial charge on any atom is -0.490 e. The number of methoxy groups -OCH3 is 4. The van der Waals surface area contributed by atoms with Gasteiger partial charge in [0.25, 0.3) is 0 Å². The van der Waals surface area contributed by atoms with Gasteiger partial charge in [-0.1, -0.05) is 163 Å². The first-order valence-corrected chi connectivity index (χ1v) is 32.5. The van der Waals surface area contributed by atoms with E-state index in [1.54, 1.807) is 52.7 Å². The number of aryl methyl sites for hydroxylation is 3. The number of benzene rings is 7. The maximum Gasteiger partial charge on any atom is 0.314 e. The van der Waals surface area contributed by atoms with Crippen LogP contribution in [0, 0.1) is 32.6 Å². The highest BCUT2D eigenvalue weighted by atomic mass is 16.6. The lowest BCUT2D eigenvalue weighted by Gasteiger charge is -2.18. The van der Waals surface area contributed by atoms with Crippen molar-refractivity contribution in [2.75, 3.05) is 86.6 Å². The highest BCUT2D eigenvalue weighted by molar-refractivity contribution is 5.92. The van der Waals surface area contributed by atoms with Gasteiger partial charge in [-0.05, 0) is 137 Å². The highest BCUT2D eigenvalue weighted by Gasteiger charge is 2.18. The van der Waals surface area contributed by atoms with Crippen molar-refractivity contribution in [1.29, 1.82) is 0 Å². The van der Waals surface area contributed by atoms with Gasteiger partial charge in [-0.25, -0.2) is 0 Å². The van der Waals surface area contributed by atoms with Crippen LogP contribution in [-0.4, -0.2) is 93.2 Å². The lowest BCUT2D eigenvalue weighted by molar-refractivity contribution is -0.138. The third-order valence-corrected chi connectivity index (χ3v) is 15.3. The summed E-state index contributed by atoms with van der Waals surface area (Å²) in [5, 5.41) is 5.34. The second-order valence-corrected chi connectivity index (χ2v) is 22.9. The Hall–Kier alpha value is -7.70. The molecule has 554 valence electrons. The molecular formula is C83H127NO15. The molecular weight excluding hydrogens is 1250 g/mol.